The molecule has 3 aliphatic carbocycles. The minimum atomic E-state index is -1.06. The van der Waals surface area contributed by atoms with Gasteiger partial charge in [-0.3, -0.25) is 19.7 Å². The van der Waals surface area contributed by atoms with Crippen LogP contribution in [0.25, 0.3) is 0 Å². The van der Waals surface area contributed by atoms with Crippen molar-refractivity contribution < 1.29 is 19.2 Å². The van der Waals surface area contributed by atoms with Gasteiger partial charge >= 0.3 is 0 Å². The van der Waals surface area contributed by atoms with Gasteiger partial charge < -0.3 is 4.74 Å². The van der Waals surface area contributed by atoms with E-state index in [9.17, 15) is 19.7 Å². The van der Waals surface area contributed by atoms with E-state index in [0.717, 1.165) is 6.42 Å². The number of nitro groups is 1. The molecule has 0 N–H and O–H groups in total. The maximum atomic E-state index is 12.1. The van der Waals surface area contributed by atoms with Crippen molar-refractivity contribution in [2.24, 2.45) is 11.8 Å². The molecule has 0 radical (unpaired) electrons. The van der Waals surface area contributed by atoms with Crippen LogP contribution in [0, 0.1) is 22.0 Å². The molecule has 3 aliphatic rings. The van der Waals surface area contributed by atoms with Gasteiger partial charge in [-0.05, 0) is 37.5 Å². The van der Waals surface area contributed by atoms with Crippen molar-refractivity contribution in [2.45, 2.75) is 30.9 Å². The van der Waals surface area contributed by atoms with Crippen molar-refractivity contribution in [2.75, 3.05) is 7.11 Å². The fraction of sp³-hybridized carbons (Fsp3) is 0.571. The Morgan fingerprint density at radius 3 is 2.80 bits per heavy atom. The van der Waals surface area contributed by atoms with E-state index in [1.807, 2.05) is 0 Å². The van der Waals surface area contributed by atoms with Crippen LogP contribution in [0.3, 0.4) is 0 Å². The second-order valence-electron chi connectivity index (χ2n) is 5.59. The third-order valence-corrected chi connectivity index (χ3v) is 4.88. The largest absolute Gasteiger partial charge is 0.370 e. The molecule has 106 valence electrons. The minimum absolute atomic E-state index is 0.147. The number of rotatable bonds is 2. The third-order valence-electron chi connectivity index (χ3n) is 4.88. The molecule has 0 aromatic rings. The molecule has 20 heavy (non-hydrogen) atoms. The number of carbonyl (C=O) groups excluding carboxylic acids is 2. The molecule has 0 saturated heterocycles. The summed E-state index contributed by atoms with van der Waals surface area (Å²) in [5.41, 5.74) is -0.683. The molecule has 0 aromatic carbocycles. The second-order valence-corrected chi connectivity index (χ2v) is 5.59. The van der Waals surface area contributed by atoms with E-state index < -0.39 is 22.5 Å². The van der Waals surface area contributed by atoms with E-state index in [1.54, 1.807) is 0 Å². The lowest BCUT2D eigenvalue weighted by atomic mass is 9.64. The van der Waals surface area contributed by atoms with Crippen molar-refractivity contribution >= 4 is 11.6 Å². The molecule has 1 saturated carbocycles. The van der Waals surface area contributed by atoms with Crippen LogP contribution in [0.2, 0.25) is 0 Å². The van der Waals surface area contributed by atoms with E-state index in [1.165, 1.54) is 25.3 Å². The number of nitrogens with zero attached hydrogens (tertiary/aromatic N) is 1. The zero-order valence-corrected chi connectivity index (χ0v) is 11.1. The molecule has 6 nitrogen and oxygen atoms in total. The number of carbonyl (C=O) groups is 2. The molecule has 4 atom stereocenters. The Morgan fingerprint density at radius 2 is 2.15 bits per heavy atom. The molecular formula is C14H15NO5. The van der Waals surface area contributed by atoms with E-state index in [0.29, 0.717) is 12.8 Å². The Labute approximate surface area is 115 Å². The summed E-state index contributed by atoms with van der Waals surface area (Å²) in [6, 6.07) is -1.06. The van der Waals surface area contributed by atoms with Crippen LogP contribution in [0.1, 0.15) is 19.3 Å². The first-order valence-corrected chi connectivity index (χ1v) is 6.68. The van der Waals surface area contributed by atoms with Gasteiger partial charge in [0.1, 0.15) is 5.60 Å². The highest BCUT2D eigenvalue weighted by molar-refractivity contribution is 6.16. The van der Waals surface area contributed by atoms with Crippen LogP contribution in [-0.4, -0.2) is 35.2 Å². The maximum Gasteiger partial charge on any atom is 0.260 e. The summed E-state index contributed by atoms with van der Waals surface area (Å²) in [5, 5.41) is 11.4. The molecule has 0 bridgehead atoms. The molecule has 0 heterocycles. The predicted molar refractivity (Wildman–Crippen MR) is 68.6 cm³/mol. The summed E-state index contributed by atoms with van der Waals surface area (Å²) in [5.74, 6) is -1.31. The summed E-state index contributed by atoms with van der Waals surface area (Å²) in [6.45, 7) is 0. The lowest BCUT2D eigenvalue weighted by molar-refractivity contribution is -0.536. The molecule has 0 aliphatic heterocycles. The van der Waals surface area contributed by atoms with E-state index >= 15 is 0 Å². The number of allylic oxidation sites excluding steroid dienone is 3. The third kappa shape index (κ3) is 1.54. The van der Waals surface area contributed by atoms with Gasteiger partial charge in [0.05, 0.1) is 5.92 Å². The zero-order chi connectivity index (χ0) is 14.5. The normalized spacial score (nSPS) is 39.2. The van der Waals surface area contributed by atoms with Crippen LogP contribution in [0.4, 0.5) is 0 Å². The van der Waals surface area contributed by atoms with Gasteiger partial charge in [-0.2, -0.15) is 0 Å². The van der Waals surface area contributed by atoms with Gasteiger partial charge in [0.2, 0.25) is 0 Å². The van der Waals surface area contributed by atoms with Gasteiger partial charge in [0.25, 0.3) is 6.04 Å². The van der Waals surface area contributed by atoms with Crippen LogP contribution in [0.5, 0.6) is 0 Å². The first-order chi connectivity index (χ1) is 9.51. The Balaban J connectivity index is 2.18. The molecule has 0 spiro atoms. The van der Waals surface area contributed by atoms with Crippen molar-refractivity contribution in [3.63, 3.8) is 0 Å². The number of methoxy groups -OCH3 is 1. The number of hydrogen-bond donors (Lipinski definition) is 0. The number of ketones is 2. The zero-order valence-electron chi connectivity index (χ0n) is 11.1. The summed E-state index contributed by atoms with van der Waals surface area (Å²) in [4.78, 5) is 35.1. The molecule has 6 heteroatoms. The monoisotopic (exact) mass is 277 g/mol. The summed E-state index contributed by atoms with van der Waals surface area (Å²) >= 11 is 0. The number of ether oxygens (including phenoxy) is 1. The Kier molecular flexibility index (Phi) is 2.86. The van der Waals surface area contributed by atoms with Crippen LogP contribution in [-0.2, 0) is 14.3 Å². The van der Waals surface area contributed by atoms with Gasteiger partial charge in [0, 0.05) is 23.5 Å². The average molecular weight is 277 g/mol. The topological polar surface area (TPSA) is 86.5 Å². The smallest absolute Gasteiger partial charge is 0.260 e. The van der Waals surface area contributed by atoms with Crippen molar-refractivity contribution in [3.05, 3.63) is 33.9 Å². The van der Waals surface area contributed by atoms with Crippen LogP contribution < -0.4 is 0 Å². The Morgan fingerprint density at radius 1 is 1.40 bits per heavy atom. The second kappa shape index (κ2) is 4.34. The van der Waals surface area contributed by atoms with Crippen LogP contribution >= 0.6 is 0 Å². The molecule has 1 fully saturated rings. The fourth-order valence-electron chi connectivity index (χ4n) is 4.03. The Bertz CT molecular complexity index is 564. The molecule has 0 amide bonds. The quantitative estimate of drug-likeness (QED) is 0.557. The van der Waals surface area contributed by atoms with Gasteiger partial charge in [0.15, 0.2) is 11.6 Å². The number of hydrogen-bond acceptors (Lipinski definition) is 5. The first-order valence-electron chi connectivity index (χ1n) is 6.68. The highest BCUT2D eigenvalue weighted by Crippen LogP contribution is 2.52. The maximum absolute atomic E-state index is 12.1. The predicted octanol–water partition coefficient (Wildman–Crippen LogP) is 1.08. The fourth-order valence-corrected chi connectivity index (χ4v) is 4.03. The molecule has 0 unspecified atom stereocenters. The average Bonchev–Trinajstić information content (AvgIpc) is 2.86. The summed E-state index contributed by atoms with van der Waals surface area (Å²) in [7, 11) is 1.46. The van der Waals surface area contributed by atoms with E-state index in [-0.39, 0.29) is 23.1 Å². The highest BCUT2D eigenvalue weighted by atomic mass is 16.6. The summed E-state index contributed by atoms with van der Waals surface area (Å²) in [6.07, 6.45) is 5.83. The van der Waals surface area contributed by atoms with Gasteiger partial charge in [-0.15, -0.1) is 0 Å². The molecule has 3 rings (SSSR count). The highest BCUT2D eigenvalue weighted by Gasteiger charge is 2.62. The van der Waals surface area contributed by atoms with Crippen LogP contribution in [0.15, 0.2) is 23.8 Å². The summed E-state index contributed by atoms with van der Waals surface area (Å²) < 4.78 is 5.54. The lowest BCUT2D eigenvalue weighted by Crippen LogP contribution is -2.57. The Hall–Kier alpha value is -1.82. The van der Waals surface area contributed by atoms with E-state index in [2.05, 4.69) is 0 Å². The molecule has 0 aromatic heterocycles. The number of fused-ring (bicyclic) bond motifs is 3. The SMILES string of the molecule is CO[C@@]12CCC[C@@H]1[C@H]1C(=O)C=CC(=O)C1=C[C@H]2[N+](=O)[O-]. The van der Waals surface area contributed by atoms with Crippen molar-refractivity contribution in [1.29, 1.82) is 0 Å². The van der Waals surface area contributed by atoms with Gasteiger partial charge in [-0.1, -0.05) is 0 Å². The minimum Gasteiger partial charge on any atom is -0.370 e. The van der Waals surface area contributed by atoms with Gasteiger partial charge in [-0.25, -0.2) is 0 Å². The van der Waals surface area contributed by atoms with Crippen molar-refractivity contribution in [1.82, 2.24) is 0 Å². The lowest BCUT2D eigenvalue weighted by Gasteiger charge is -2.43. The standard InChI is InChI=1S/C14H15NO5/c1-20-14-6-2-3-9(14)13-8(7-12(14)15(18)19)10(16)4-5-11(13)17/h4-5,7,9,12-13H,2-3,6H2,1H3/t9-,12-,13+,14+/m1/s1. The van der Waals surface area contributed by atoms with E-state index in [4.69, 9.17) is 4.74 Å². The first kappa shape index (κ1) is 13.2. The van der Waals surface area contributed by atoms with Crippen molar-refractivity contribution in [3.8, 4) is 0 Å². The molecular weight excluding hydrogens is 262 g/mol.